The number of nitrogens with zero attached hydrogens (tertiary/aromatic N) is 1. The molecule has 2 rings (SSSR count). The summed E-state index contributed by atoms with van der Waals surface area (Å²) in [6, 6.07) is 7.72. The van der Waals surface area contributed by atoms with Crippen LogP contribution >= 0.6 is 22.7 Å². The summed E-state index contributed by atoms with van der Waals surface area (Å²) < 4.78 is 0. The minimum Gasteiger partial charge on any atom is -0.331 e. The lowest BCUT2D eigenvalue weighted by Gasteiger charge is -2.24. The molecular weight excluding hydrogens is 276 g/mol. The second kappa shape index (κ2) is 6.84. The standard InChI is InChI=1S/C14H18N2OS2/c1-2-13(15)14(17)16(9-11-5-3-7-18-11)10-12-6-4-8-19-12/h3-8,13H,2,9-10,15H2,1H3/t13-/m0/s1. The molecular formula is C14H18N2OS2. The Morgan fingerprint density at radius 1 is 1.21 bits per heavy atom. The lowest BCUT2D eigenvalue weighted by Crippen LogP contribution is -2.42. The van der Waals surface area contributed by atoms with Gasteiger partial charge in [0.1, 0.15) is 0 Å². The van der Waals surface area contributed by atoms with Crippen molar-refractivity contribution in [3.05, 3.63) is 44.8 Å². The van der Waals surface area contributed by atoms with Gasteiger partial charge in [0, 0.05) is 9.75 Å². The van der Waals surface area contributed by atoms with Crippen molar-refractivity contribution in [3.8, 4) is 0 Å². The lowest BCUT2D eigenvalue weighted by atomic mass is 10.2. The van der Waals surface area contributed by atoms with E-state index in [1.807, 2.05) is 34.7 Å². The van der Waals surface area contributed by atoms with Gasteiger partial charge in [-0.1, -0.05) is 19.1 Å². The number of carbonyl (C=O) groups is 1. The second-order valence-corrected chi connectivity index (χ2v) is 6.43. The van der Waals surface area contributed by atoms with Crippen LogP contribution in [0.15, 0.2) is 35.0 Å². The topological polar surface area (TPSA) is 46.3 Å². The van der Waals surface area contributed by atoms with Crippen LogP contribution in [0.25, 0.3) is 0 Å². The fraction of sp³-hybridized carbons (Fsp3) is 0.357. The molecule has 0 aliphatic rings. The molecule has 0 aliphatic carbocycles. The third kappa shape index (κ3) is 3.89. The first kappa shape index (κ1) is 14.2. The Kier molecular flexibility index (Phi) is 5.13. The molecule has 0 bridgehead atoms. The lowest BCUT2D eigenvalue weighted by molar-refractivity contribution is -0.133. The highest BCUT2D eigenvalue weighted by Gasteiger charge is 2.20. The Balaban J connectivity index is 2.10. The van der Waals surface area contributed by atoms with Crippen molar-refractivity contribution in [1.29, 1.82) is 0 Å². The van der Waals surface area contributed by atoms with Gasteiger partial charge in [0.15, 0.2) is 0 Å². The van der Waals surface area contributed by atoms with Crippen LogP contribution < -0.4 is 5.73 Å². The average Bonchev–Trinajstić information content (AvgIpc) is 3.09. The van der Waals surface area contributed by atoms with Gasteiger partial charge in [0.25, 0.3) is 0 Å². The van der Waals surface area contributed by atoms with E-state index in [9.17, 15) is 4.79 Å². The first-order chi connectivity index (χ1) is 9.20. The zero-order chi connectivity index (χ0) is 13.7. The van der Waals surface area contributed by atoms with Crippen LogP contribution in [0.1, 0.15) is 23.1 Å². The molecule has 3 nitrogen and oxygen atoms in total. The van der Waals surface area contributed by atoms with E-state index in [0.29, 0.717) is 19.5 Å². The normalized spacial score (nSPS) is 12.3. The maximum Gasteiger partial charge on any atom is 0.240 e. The summed E-state index contributed by atoms with van der Waals surface area (Å²) in [5.74, 6) is 0.0318. The molecule has 0 spiro atoms. The molecule has 0 saturated carbocycles. The summed E-state index contributed by atoms with van der Waals surface area (Å²) in [4.78, 5) is 16.6. The predicted octanol–water partition coefficient (Wildman–Crippen LogP) is 3.08. The number of hydrogen-bond acceptors (Lipinski definition) is 4. The molecule has 19 heavy (non-hydrogen) atoms. The van der Waals surface area contributed by atoms with Crippen molar-refractivity contribution in [2.75, 3.05) is 0 Å². The Morgan fingerprint density at radius 3 is 2.11 bits per heavy atom. The molecule has 0 aromatic carbocycles. The first-order valence-electron chi connectivity index (χ1n) is 6.29. The van der Waals surface area contributed by atoms with Crippen molar-refractivity contribution in [2.24, 2.45) is 5.73 Å². The van der Waals surface area contributed by atoms with Crippen molar-refractivity contribution in [3.63, 3.8) is 0 Å². The third-order valence-corrected chi connectivity index (χ3v) is 4.64. The minimum absolute atomic E-state index is 0.0318. The smallest absolute Gasteiger partial charge is 0.240 e. The molecule has 0 saturated heterocycles. The number of rotatable bonds is 6. The van der Waals surface area contributed by atoms with Crippen LogP contribution in [0.3, 0.4) is 0 Å². The van der Waals surface area contributed by atoms with Crippen LogP contribution in [0.2, 0.25) is 0 Å². The van der Waals surface area contributed by atoms with E-state index in [1.165, 1.54) is 9.75 Å². The van der Waals surface area contributed by atoms with Gasteiger partial charge in [-0.25, -0.2) is 0 Å². The van der Waals surface area contributed by atoms with Crippen molar-refractivity contribution in [1.82, 2.24) is 4.90 Å². The van der Waals surface area contributed by atoms with Gasteiger partial charge in [0.05, 0.1) is 19.1 Å². The molecule has 0 fully saturated rings. The molecule has 1 amide bonds. The van der Waals surface area contributed by atoms with E-state index in [1.54, 1.807) is 22.7 Å². The average molecular weight is 294 g/mol. The summed E-state index contributed by atoms with van der Waals surface area (Å²) in [6.07, 6.45) is 0.671. The third-order valence-electron chi connectivity index (χ3n) is 2.92. The van der Waals surface area contributed by atoms with Gasteiger partial charge < -0.3 is 10.6 Å². The summed E-state index contributed by atoms with van der Waals surface area (Å²) in [7, 11) is 0. The second-order valence-electron chi connectivity index (χ2n) is 4.37. The Bertz CT molecular complexity index is 457. The Labute approximate surface area is 121 Å². The molecule has 2 N–H and O–H groups in total. The highest BCUT2D eigenvalue weighted by Crippen LogP contribution is 2.18. The van der Waals surface area contributed by atoms with Gasteiger partial charge in [-0.2, -0.15) is 0 Å². The number of thiophene rings is 2. The van der Waals surface area contributed by atoms with E-state index in [-0.39, 0.29) is 5.91 Å². The summed E-state index contributed by atoms with van der Waals surface area (Å²) in [5, 5.41) is 4.06. The Morgan fingerprint density at radius 2 is 1.74 bits per heavy atom. The van der Waals surface area contributed by atoms with E-state index in [2.05, 4.69) is 12.1 Å². The fourth-order valence-corrected chi connectivity index (χ4v) is 3.24. The van der Waals surface area contributed by atoms with E-state index in [4.69, 9.17) is 5.73 Å². The predicted molar refractivity (Wildman–Crippen MR) is 81.2 cm³/mol. The van der Waals surface area contributed by atoms with E-state index in [0.717, 1.165) is 0 Å². The summed E-state index contributed by atoms with van der Waals surface area (Å²) in [6.45, 7) is 3.22. The zero-order valence-corrected chi connectivity index (χ0v) is 12.5. The molecule has 0 aliphatic heterocycles. The molecule has 2 aromatic rings. The van der Waals surface area contributed by atoms with Crippen LogP contribution in [-0.4, -0.2) is 16.8 Å². The van der Waals surface area contributed by atoms with E-state index >= 15 is 0 Å². The SMILES string of the molecule is CC[C@H](N)C(=O)N(Cc1cccs1)Cc1cccs1. The monoisotopic (exact) mass is 294 g/mol. The highest BCUT2D eigenvalue weighted by atomic mass is 32.1. The molecule has 0 radical (unpaired) electrons. The number of nitrogens with two attached hydrogens (primary N) is 1. The summed E-state index contributed by atoms with van der Waals surface area (Å²) in [5.41, 5.74) is 5.89. The zero-order valence-electron chi connectivity index (χ0n) is 10.9. The van der Waals surface area contributed by atoms with E-state index < -0.39 is 6.04 Å². The van der Waals surface area contributed by atoms with Gasteiger partial charge >= 0.3 is 0 Å². The molecule has 102 valence electrons. The fourth-order valence-electron chi connectivity index (χ4n) is 1.80. The van der Waals surface area contributed by atoms with Gasteiger partial charge in [-0.05, 0) is 29.3 Å². The minimum atomic E-state index is -0.403. The quantitative estimate of drug-likeness (QED) is 0.890. The van der Waals surface area contributed by atoms with Crippen LogP contribution in [0.5, 0.6) is 0 Å². The molecule has 2 heterocycles. The summed E-state index contributed by atoms with van der Waals surface area (Å²) >= 11 is 3.34. The van der Waals surface area contributed by atoms with Crippen molar-refractivity contribution >= 4 is 28.6 Å². The van der Waals surface area contributed by atoms with Crippen LogP contribution in [0, 0.1) is 0 Å². The number of carbonyl (C=O) groups excluding carboxylic acids is 1. The maximum atomic E-state index is 12.3. The van der Waals surface area contributed by atoms with Gasteiger partial charge in [0.2, 0.25) is 5.91 Å². The van der Waals surface area contributed by atoms with Crippen LogP contribution in [0.4, 0.5) is 0 Å². The number of hydrogen-bond donors (Lipinski definition) is 1. The maximum absolute atomic E-state index is 12.3. The largest absolute Gasteiger partial charge is 0.331 e. The first-order valence-corrected chi connectivity index (χ1v) is 8.05. The highest BCUT2D eigenvalue weighted by molar-refractivity contribution is 7.10. The van der Waals surface area contributed by atoms with Gasteiger partial charge in [-0.3, -0.25) is 4.79 Å². The van der Waals surface area contributed by atoms with Crippen molar-refractivity contribution in [2.45, 2.75) is 32.5 Å². The molecule has 1 atom stereocenters. The Hall–Kier alpha value is -1.17. The van der Waals surface area contributed by atoms with Crippen molar-refractivity contribution < 1.29 is 4.79 Å². The van der Waals surface area contributed by atoms with Crippen LogP contribution in [-0.2, 0) is 17.9 Å². The van der Waals surface area contributed by atoms with Gasteiger partial charge in [-0.15, -0.1) is 22.7 Å². The molecule has 5 heteroatoms. The molecule has 0 unspecified atom stereocenters. The number of amides is 1. The molecule has 2 aromatic heterocycles.